The van der Waals surface area contributed by atoms with Crippen molar-refractivity contribution in [3.63, 3.8) is 0 Å². The van der Waals surface area contributed by atoms with Crippen molar-refractivity contribution in [2.24, 2.45) is 11.8 Å². The molecular formula is C38H45N3O18. The predicted molar refractivity (Wildman–Crippen MR) is 194 cm³/mol. The highest BCUT2D eigenvalue weighted by atomic mass is 16.8. The first-order chi connectivity index (χ1) is 28.3. The van der Waals surface area contributed by atoms with E-state index in [0.29, 0.717) is 28.2 Å². The highest BCUT2D eigenvalue weighted by molar-refractivity contribution is 5.79. The van der Waals surface area contributed by atoms with E-state index < -0.39 is 104 Å². The minimum absolute atomic E-state index is 0.0301. The monoisotopic (exact) mass is 831 g/mol. The van der Waals surface area contributed by atoms with Crippen molar-refractivity contribution in [3.8, 4) is 28.7 Å². The van der Waals surface area contributed by atoms with Crippen molar-refractivity contribution in [3.05, 3.63) is 63.7 Å². The van der Waals surface area contributed by atoms with E-state index in [-0.39, 0.29) is 43.1 Å². The third-order valence-electron chi connectivity index (χ3n) is 11.4. The molecule has 0 amide bonds. The number of nitrogen functional groups attached to an aromatic ring is 1. The lowest BCUT2D eigenvalue weighted by atomic mass is 9.66. The van der Waals surface area contributed by atoms with E-state index in [0.717, 1.165) is 4.57 Å². The zero-order chi connectivity index (χ0) is 41.9. The molecular weight excluding hydrogens is 786 g/mol. The van der Waals surface area contributed by atoms with Gasteiger partial charge in [0, 0.05) is 18.0 Å². The Morgan fingerprint density at radius 1 is 0.881 bits per heavy atom. The number of anilines is 1. The summed E-state index contributed by atoms with van der Waals surface area (Å²) in [7, 11) is 2.86. The quantitative estimate of drug-likeness (QED) is 0.137. The maximum Gasteiger partial charge on any atom is 0.351 e. The van der Waals surface area contributed by atoms with Crippen LogP contribution in [0.15, 0.2) is 41.3 Å². The number of nitrogens with zero attached hydrogens (tertiary/aromatic N) is 2. The van der Waals surface area contributed by atoms with Gasteiger partial charge in [-0.1, -0.05) is 0 Å². The fraction of sp³-hybridized carbons (Fsp3) is 0.553. The van der Waals surface area contributed by atoms with Crippen molar-refractivity contribution in [2.45, 2.75) is 80.5 Å². The zero-order valence-corrected chi connectivity index (χ0v) is 31.9. The van der Waals surface area contributed by atoms with Crippen LogP contribution in [0.3, 0.4) is 0 Å². The number of ether oxygens (including phenoxy) is 10. The third kappa shape index (κ3) is 7.30. The second-order valence-corrected chi connectivity index (χ2v) is 14.8. The standard InChI is InChI=1S/C29H32O13.C9H13N3O5/c1-11-36-9-20-27(40-11)24(31)25(32)29(41-20)42-26-14-7-17-16(38-10-39-17)6-13(14)21(22-15(26)8-37-28(22)33)12-4-18(34-2)23(30)19(5-12)35-3;10-5-1-2-12(9(16)11-5)8-7(15)6(14)4(3-13)17-8/h4-7,11,15,20-22,24-27,29-32H,8-10H2,1-3H3;1-2,4,6-8,13-15H,3H2,(H2,10,11,16)/t11-,15?,20-,21-,22+,24-,25-,26?,27-,29+;4-,6-,7+,8-/m11/s1. The molecule has 320 valence electrons. The van der Waals surface area contributed by atoms with Gasteiger partial charge in [0.05, 0.1) is 46.1 Å². The number of aromatic nitrogens is 2. The average molecular weight is 832 g/mol. The van der Waals surface area contributed by atoms with Crippen LogP contribution < -0.4 is 30.4 Å². The van der Waals surface area contributed by atoms with Crippen LogP contribution in [0.1, 0.15) is 41.9 Å². The summed E-state index contributed by atoms with van der Waals surface area (Å²) in [5.41, 5.74) is 6.64. The summed E-state index contributed by atoms with van der Waals surface area (Å²) >= 11 is 0. The lowest BCUT2D eigenvalue weighted by molar-refractivity contribution is -0.364. The zero-order valence-electron chi connectivity index (χ0n) is 31.9. The van der Waals surface area contributed by atoms with Crippen LogP contribution in [0.2, 0.25) is 0 Å². The number of aliphatic hydroxyl groups excluding tert-OH is 5. The van der Waals surface area contributed by atoms with Gasteiger partial charge in [-0.2, -0.15) is 4.98 Å². The molecule has 0 saturated carbocycles. The van der Waals surface area contributed by atoms with Crippen LogP contribution in [0.4, 0.5) is 5.82 Å². The molecule has 4 saturated heterocycles. The molecule has 6 heterocycles. The number of hydrogen-bond donors (Lipinski definition) is 7. The Bertz CT molecular complexity index is 2080. The number of carbonyl (C=O) groups is 1. The minimum atomic E-state index is -1.44. The van der Waals surface area contributed by atoms with Gasteiger partial charge in [0.1, 0.15) is 48.5 Å². The highest BCUT2D eigenvalue weighted by Gasteiger charge is 2.56. The van der Waals surface area contributed by atoms with Gasteiger partial charge in [-0.3, -0.25) is 9.36 Å². The maximum atomic E-state index is 13.4. The van der Waals surface area contributed by atoms with Crippen LogP contribution in [-0.2, 0) is 33.2 Å². The number of nitrogens with two attached hydrogens (primary N) is 1. The van der Waals surface area contributed by atoms with Crippen molar-refractivity contribution in [2.75, 3.05) is 46.6 Å². The molecule has 6 aliphatic rings. The van der Waals surface area contributed by atoms with Gasteiger partial charge in [-0.15, -0.1) is 0 Å². The minimum Gasteiger partial charge on any atom is -0.502 e. The number of methoxy groups -OCH3 is 2. The fourth-order valence-electron chi connectivity index (χ4n) is 8.46. The summed E-state index contributed by atoms with van der Waals surface area (Å²) in [6.07, 6.45) is -10.1. The smallest absolute Gasteiger partial charge is 0.351 e. The Balaban J connectivity index is 0.000000238. The van der Waals surface area contributed by atoms with Crippen LogP contribution in [0.25, 0.3) is 0 Å². The fourth-order valence-corrected chi connectivity index (χ4v) is 8.46. The second-order valence-electron chi connectivity index (χ2n) is 14.8. The summed E-state index contributed by atoms with van der Waals surface area (Å²) in [5, 5.41) is 60.7. The normalized spacial score (nSPS) is 35.4. The van der Waals surface area contributed by atoms with Gasteiger partial charge in [0.15, 0.2) is 41.8 Å². The Morgan fingerprint density at radius 3 is 2.22 bits per heavy atom. The molecule has 59 heavy (non-hydrogen) atoms. The number of aromatic hydroxyl groups is 1. The number of esters is 1. The van der Waals surface area contributed by atoms with E-state index in [1.807, 2.05) is 0 Å². The number of carbonyl (C=O) groups excluding carboxylic acids is 1. The number of aliphatic hydroxyl groups is 5. The summed E-state index contributed by atoms with van der Waals surface area (Å²) in [5.74, 6) is -0.971. The number of hydrogen-bond acceptors (Lipinski definition) is 20. The molecule has 4 fully saturated rings. The van der Waals surface area contributed by atoms with Crippen LogP contribution in [-0.4, -0.2) is 142 Å². The molecule has 3 aromatic rings. The van der Waals surface area contributed by atoms with Crippen molar-refractivity contribution >= 4 is 11.8 Å². The lowest BCUT2D eigenvalue weighted by Crippen LogP contribution is -2.63. The molecule has 2 unspecified atom stereocenters. The first-order valence-electron chi connectivity index (χ1n) is 18.8. The molecule has 0 spiro atoms. The van der Waals surface area contributed by atoms with Gasteiger partial charge in [0.25, 0.3) is 0 Å². The summed E-state index contributed by atoms with van der Waals surface area (Å²) in [4.78, 5) is 28.4. The molecule has 1 aliphatic carbocycles. The number of benzene rings is 2. The number of rotatable bonds is 7. The lowest BCUT2D eigenvalue weighted by Gasteiger charge is -2.47. The van der Waals surface area contributed by atoms with Gasteiger partial charge < -0.3 is 83.7 Å². The molecule has 1 aromatic heterocycles. The molecule has 9 rings (SSSR count). The van der Waals surface area contributed by atoms with Gasteiger partial charge in [-0.25, -0.2) is 4.79 Å². The maximum absolute atomic E-state index is 13.4. The predicted octanol–water partition coefficient (Wildman–Crippen LogP) is -1.22. The molecule has 21 heteroatoms. The van der Waals surface area contributed by atoms with E-state index in [1.54, 1.807) is 31.2 Å². The number of fused-ring (bicyclic) bond motifs is 4. The first kappa shape index (κ1) is 40.9. The molecule has 8 N–H and O–H groups in total. The second kappa shape index (κ2) is 16.3. The SMILES string of the molecule is COc1cc([C@@H]2c3cc4c(cc3C(O[C@@H]3O[C@@H]5CO[C@@H](C)O[C@H]5[C@H](O)[C@H]3O)C3COC(=O)[C@@H]32)OCO4)cc(OC)c1O.Nc1ccn([C@@H]2O[C@H](CO)[C@@H](O)[C@@H]2O)c(=O)n1. The van der Waals surface area contributed by atoms with E-state index in [1.165, 1.54) is 26.5 Å². The van der Waals surface area contributed by atoms with Crippen molar-refractivity contribution in [1.82, 2.24) is 9.55 Å². The molecule has 0 radical (unpaired) electrons. The van der Waals surface area contributed by atoms with Gasteiger partial charge in [0.2, 0.25) is 12.5 Å². The van der Waals surface area contributed by atoms with E-state index in [2.05, 4.69) is 4.98 Å². The van der Waals surface area contributed by atoms with Crippen LogP contribution >= 0.6 is 0 Å². The summed E-state index contributed by atoms with van der Waals surface area (Å²) in [6.45, 7) is 1.48. The summed E-state index contributed by atoms with van der Waals surface area (Å²) < 4.78 is 57.7. The highest BCUT2D eigenvalue weighted by Crippen LogP contribution is 2.57. The van der Waals surface area contributed by atoms with E-state index in [4.69, 9.17) is 58.2 Å². The Kier molecular flexibility index (Phi) is 11.3. The third-order valence-corrected chi connectivity index (χ3v) is 11.4. The Morgan fingerprint density at radius 2 is 1.58 bits per heavy atom. The first-order valence-corrected chi connectivity index (χ1v) is 18.8. The summed E-state index contributed by atoms with van der Waals surface area (Å²) in [6, 6.07) is 8.30. The van der Waals surface area contributed by atoms with Gasteiger partial charge in [-0.05, 0) is 53.9 Å². The molecule has 0 bridgehead atoms. The average Bonchev–Trinajstić information content (AvgIpc) is 3.93. The van der Waals surface area contributed by atoms with Crippen LogP contribution in [0, 0.1) is 11.8 Å². The van der Waals surface area contributed by atoms with Crippen LogP contribution in [0.5, 0.6) is 28.7 Å². The Labute approximate surface area is 335 Å². The largest absolute Gasteiger partial charge is 0.502 e. The van der Waals surface area contributed by atoms with Gasteiger partial charge >= 0.3 is 11.7 Å². The van der Waals surface area contributed by atoms with Crippen molar-refractivity contribution in [1.29, 1.82) is 0 Å². The van der Waals surface area contributed by atoms with E-state index in [9.17, 15) is 35.1 Å². The van der Waals surface area contributed by atoms with E-state index >= 15 is 0 Å². The Hall–Kier alpha value is -4.81. The topological polar surface area (TPSA) is 292 Å². The molecule has 14 atom stereocenters. The van der Waals surface area contributed by atoms with Crippen molar-refractivity contribution < 1.29 is 82.8 Å². The molecule has 2 aromatic carbocycles. The number of phenolic OH excluding ortho intramolecular Hbond substituents is 1. The molecule has 5 aliphatic heterocycles. The molecule has 21 nitrogen and oxygen atoms in total. The number of cyclic esters (lactones) is 1. The number of phenols is 1.